The predicted octanol–water partition coefficient (Wildman–Crippen LogP) is 2.58. The Kier molecular flexibility index (Phi) is 2.13. The maximum atomic E-state index is 6.07. The highest BCUT2D eigenvalue weighted by Gasteiger charge is 2.37. The predicted molar refractivity (Wildman–Crippen MR) is 59.8 cm³/mol. The first-order valence-electron chi connectivity index (χ1n) is 6.15. The van der Waals surface area contributed by atoms with E-state index in [1.807, 2.05) is 0 Å². The van der Waals surface area contributed by atoms with Crippen LogP contribution in [0.2, 0.25) is 0 Å². The summed E-state index contributed by atoms with van der Waals surface area (Å²) < 4.78 is 5.87. The smallest absolute Gasteiger partial charge is 0.107 e. The molecule has 0 aromatic carbocycles. The van der Waals surface area contributed by atoms with Gasteiger partial charge < -0.3 is 10.2 Å². The van der Waals surface area contributed by atoms with Crippen molar-refractivity contribution in [3.8, 4) is 0 Å². The van der Waals surface area contributed by atoms with Crippen LogP contribution >= 0.6 is 0 Å². The van der Waals surface area contributed by atoms with Crippen LogP contribution in [0.25, 0.3) is 0 Å². The van der Waals surface area contributed by atoms with Gasteiger partial charge in [0.05, 0.1) is 0 Å². The zero-order valence-corrected chi connectivity index (χ0v) is 9.22. The van der Waals surface area contributed by atoms with Crippen molar-refractivity contribution in [1.82, 2.24) is 0 Å². The molecular weight excluding hydrogens is 186 g/mol. The minimum Gasteiger partial charge on any atom is -0.466 e. The minimum atomic E-state index is 0.160. The number of rotatable bonds is 3. The van der Waals surface area contributed by atoms with Crippen molar-refractivity contribution in [2.45, 2.75) is 56.9 Å². The van der Waals surface area contributed by atoms with E-state index in [1.54, 1.807) is 0 Å². The lowest BCUT2D eigenvalue weighted by Gasteiger charge is -2.07. The van der Waals surface area contributed by atoms with Gasteiger partial charge in [-0.1, -0.05) is 0 Å². The summed E-state index contributed by atoms with van der Waals surface area (Å²) in [5.74, 6) is 2.41. The molecule has 2 aliphatic carbocycles. The Labute approximate surface area is 90.8 Å². The molecule has 0 saturated heterocycles. The van der Waals surface area contributed by atoms with E-state index in [9.17, 15) is 0 Å². The summed E-state index contributed by atoms with van der Waals surface area (Å²) in [6, 6.07) is 2.26. The highest BCUT2D eigenvalue weighted by atomic mass is 16.3. The van der Waals surface area contributed by atoms with Gasteiger partial charge >= 0.3 is 0 Å². The molecule has 82 valence electrons. The molecule has 0 spiro atoms. The second kappa shape index (κ2) is 3.38. The molecule has 2 nitrogen and oxygen atoms in total. The first-order chi connectivity index (χ1) is 7.25. The fourth-order valence-electron chi connectivity index (χ4n) is 2.46. The molecule has 2 N–H and O–H groups in total. The zero-order valence-electron chi connectivity index (χ0n) is 9.22. The quantitative estimate of drug-likeness (QED) is 0.823. The zero-order chi connectivity index (χ0) is 10.3. The number of furan rings is 1. The van der Waals surface area contributed by atoms with E-state index in [1.165, 1.54) is 49.2 Å². The summed E-state index contributed by atoms with van der Waals surface area (Å²) >= 11 is 0. The normalized spacial score (nSPS) is 22.5. The summed E-state index contributed by atoms with van der Waals surface area (Å²) in [5.41, 5.74) is 7.69. The van der Waals surface area contributed by atoms with E-state index in [2.05, 4.69) is 6.07 Å². The van der Waals surface area contributed by atoms with Gasteiger partial charge in [-0.05, 0) is 50.2 Å². The summed E-state index contributed by atoms with van der Waals surface area (Å²) in [6.07, 6.45) is 9.51. The highest BCUT2D eigenvalue weighted by Crippen LogP contribution is 2.37. The molecular formula is C13H19NO. The number of aryl methyl sites for hydroxylation is 3. The SMILES string of the molecule is NC1(CCc2cc3c(o2)CCCC3)CC1. The molecule has 1 heterocycles. The average molecular weight is 205 g/mol. The van der Waals surface area contributed by atoms with Crippen molar-refractivity contribution in [3.05, 3.63) is 23.2 Å². The van der Waals surface area contributed by atoms with Crippen LogP contribution in [0.5, 0.6) is 0 Å². The average Bonchev–Trinajstić information content (AvgIpc) is 2.83. The number of hydrogen-bond acceptors (Lipinski definition) is 2. The second-order valence-electron chi connectivity index (χ2n) is 5.23. The van der Waals surface area contributed by atoms with E-state index in [-0.39, 0.29) is 5.54 Å². The third-order valence-corrected chi connectivity index (χ3v) is 3.81. The molecule has 0 radical (unpaired) electrons. The van der Waals surface area contributed by atoms with E-state index in [4.69, 9.17) is 10.2 Å². The lowest BCUT2D eigenvalue weighted by molar-refractivity contribution is 0.431. The van der Waals surface area contributed by atoms with Crippen molar-refractivity contribution < 1.29 is 4.42 Å². The molecule has 3 rings (SSSR count). The van der Waals surface area contributed by atoms with E-state index >= 15 is 0 Å². The van der Waals surface area contributed by atoms with Crippen molar-refractivity contribution >= 4 is 0 Å². The Morgan fingerprint density at radius 3 is 2.80 bits per heavy atom. The van der Waals surface area contributed by atoms with Crippen LogP contribution in [0.15, 0.2) is 10.5 Å². The van der Waals surface area contributed by atoms with Gasteiger partial charge in [0.25, 0.3) is 0 Å². The molecule has 15 heavy (non-hydrogen) atoms. The van der Waals surface area contributed by atoms with Crippen molar-refractivity contribution in [2.75, 3.05) is 0 Å². The van der Waals surface area contributed by atoms with Crippen LogP contribution in [0.4, 0.5) is 0 Å². The van der Waals surface area contributed by atoms with Crippen molar-refractivity contribution in [3.63, 3.8) is 0 Å². The van der Waals surface area contributed by atoms with Crippen LogP contribution in [0.3, 0.4) is 0 Å². The van der Waals surface area contributed by atoms with Crippen LogP contribution in [0.1, 0.15) is 49.2 Å². The summed E-state index contributed by atoms with van der Waals surface area (Å²) in [4.78, 5) is 0. The Bertz CT molecular complexity index is 339. The standard InChI is InChI=1S/C13H19NO/c14-13(7-8-13)6-5-11-9-10-3-1-2-4-12(10)15-11/h9H,1-8,14H2. The maximum absolute atomic E-state index is 6.07. The Hall–Kier alpha value is -0.760. The molecule has 1 aromatic heterocycles. The van der Waals surface area contributed by atoms with Crippen LogP contribution in [-0.4, -0.2) is 5.54 Å². The molecule has 0 amide bonds. The van der Waals surface area contributed by atoms with Gasteiger partial charge in [0.1, 0.15) is 11.5 Å². The first kappa shape index (κ1) is 9.46. The Morgan fingerprint density at radius 1 is 1.27 bits per heavy atom. The van der Waals surface area contributed by atoms with Gasteiger partial charge in [0.2, 0.25) is 0 Å². The largest absolute Gasteiger partial charge is 0.466 e. The molecule has 1 aromatic rings. The number of nitrogens with two attached hydrogens (primary N) is 1. The summed E-state index contributed by atoms with van der Waals surface area (Å²) in [6.45, 7) is 0. The maximum Gasteiger partial charge on any atom is 0.107 e. The molecule has 0 aliphatic heterocycles. The fraction of sp³-hybridized carbons (Fsp3) is 0.692. The monoisotopic (exact) mass is 205 g/mol. The summed E-state index contributed by atoms with van der Waals surface area (Å²) in [5, 5.41) is 0. The minimum absolute atomic E-state index is 0.160. The van der Waals surface area contributed by atoms with Gasteiger partial charge in [-0.15, -0.1) is 0 Å². The van der Waals surface area contributed by atoms with Crippen molar-refractivity contribution in [1.29, 1.82) is 0 Å². The first-order valence-corrected chi connectivity index (χ1v) is 6.15. The highest BCUT2D eigenvalue weighted by molar-refractivity contribution is 5.24. The van der Waals surface area contributed by atoms with Gasteiger partial charge in [-0.2, -0.15) is 0 Å². The van der Waals surface area contributed by atoms with E-state index in [0.717, 1.165) is 19.3 Å². The molecule has 1 saturated carbocycles. The molecule has 1 fully saturated rings. The second-order valence-corrected chi connectivity index (χ2v) is 5.23. The van der Waals surface area contributed by atoms with E-state index in [0.29, 0.717) is 0 Å². The number of fused-ring (bicyclic) bond motifs is 1. The van der Waals surface area contributed by atoms with E-state index < -0.39 is 0 Å². The summed E-state index contributed by atoms with van der Waals surface area (Å²) in [7, 11) is 0. The lowest BCUT2D eigenvalue weighted by atomic mass is 9.98. The molecule has 2 aliphatic rings. The Morgan fingerprint density at radius 2 is 2.07 bits per heavy atom. The lowest BCUT2D eigenvalue weighted by Crippen LogP contribution is -2.21. The van der Waals surface area contributed by atoms with Crippen LogP contribution in [-0.2, 0) is 19.3 Å². The van der Waals surface area contributed by atoms with Gasteiger partial charge in [0.15, 0.2) is 0 Å². The molecule has 0 bridgehead atoms. The third-order valence-electron chi connectivity index (χ3n) is 3.81. The topological polar surface area (TPSA) is 39.2 Å². The van der Waals surface area contributed by atoms with Crippen LogP contribution < -0.4 is 5.73 Å². The van der Waals surface area contributed by atoms with Gasteiger partial charge in [-0.25, -0.2) is 0 Å². The van der Waals surface area contributed by atoms with Crippen LogP contribution in [0, 0.1) is 0 Å². The fourth-order valence-corrected chi connectivity index (χ4v) is 2.46. The van der Waals surface area contributed by atoms with Gasteiger partial charge in [0, 0.05) is 18.4 Å². The van der Waals surface area contributed by atoms with Crippen molar-refractivity contribution in [2.24, 2.45) is 5.73 Å². The third kappa shape index (κ3) is 1.96. The molecule has 0 unspecified atom stereocenters. The molecule has 2 heteroatoms. The molecule has 0 atom stereocenters. The van der Waals surface area contributed by atoms with Gasteiger partial charge in [-0.3, -0.25) is 0 Å². The Balaban J connectivity index is 1.67. The number of hydrogen-bond donors (Lipinski definition) is 1.